The number of hydrogen-bond donors (Lipinski definition) is 1. The maximum absolute atomic E-state index is 12.2. The average molecular weight is 241 g/mol. The Morgan fingerprint density at radius 1 is 1.41 bits per heavy atom. The van der Waals surface area contributed by atoms with Crippen LogP contribution in [0.5, 0.6) is 0 Å². The number of ether oxygens (including phenoxy) is 1. The number of rotatable bonds is 4. The third-order valence-corrected chi connectivity index (χ3v) is 3.86. The SMILES string of the molecule is COC(C)C1CCN(CN2CCNCC2)C1=O. The first-order valence-corrected chi connectivity index (χ1v) is 6.47. The van der Waals surface area contributed by atoms with Gasteiger partial charge in [-0.1, -0.05) is 0 Å². The van der Waals surface area contributed by atoms with Crippen molar-refractivity contribution in [2.45, 2.75) is 19.4 Å². The molecule has 0 aromatic carbocycles. The zero-order valence-corrected chi connectivity index (χ0v) is 10.8. The number of amides is 1. The maximum atomic E-state index is 12.2. The second-order valence-corrected chi connectivity index (χ2v) is 4.95. The van der Waals surface area contributed by atoms with Gasteiger partial charge in [0.1, 0.15) is 0 Å². The molecule has 2 unspecified atom stereocenters. The Labute approximate surface area is 103 Å². The van der Waals surface area contributed by atoms with Gasteiger partial charge in [-0.05, 0) is 13.3 Å². The maximum Gasteiger partial charge on any atom is 0.229 e. The molecule has 2 aliphatic heterocycles. The van der Waals surface area contributed by atoms with Crippen LogP contribution >= 0.6 is 0 Å². The fourth-order valence-electron chi connectivity index (χ4n) is 2.60. The smallest absolute Gasteiger partial charge is 0.229 e. The first-order valence-electron chi connectivity index (χ1n) is 6.47. The molecule has 17 heavy (non-hydrogen) atoms. The van der Waals surface area contributed by atoms with Crippen LogP contribution in [0.25, 0.3) is 0 Å². The van der Waals surface area contributed by atoms with E-state index in [2.05, 4.69) is 10.2 Å². The van der Waals surface area contributed by atoms with Gasteiger partial charge in [-0.25, -0.2) is 0 Å². The zero-order valence-electron chi connectivity index (χ0n) is 10.8. The van der Waals surface area contributed by atoms with E-state index in [0.717, 1.165) is 45.8 Å². The zero-order chi connectivity index (χ0) is 12.3. The first kappa shape index (κ1) is 12.8. The van der Waals surface area contributed by atoms with Crippen LogP contribution in [0.3, 0.4) is 0 Å². The molecule has 0 bridgehead atoms. The van der Waals surface area contributed by atoms with Gasteiger partial charge in [-0.3, -0.25) is 9.69 Å². The lowest BCUT2D eigenvalue weighted by molar-refractivity contribution is -0.136. The lowest BCUT2D eigenvalue weighted by Crippen LogP contribution is -2.49. The van der Waals surface area contributed by atoms with Crippen LogP contribution in [0.2, 0.25) is 0 Å². The molecule has 5 heteroatoms. The summed E-state index contributed by atoms with van der Waals surface area (Å²) in [7, 11) is 1.68. The predicted octanol–water partition coefficient (Wildman–Crippen LogP) is -0.267. The minimum Gasteiger partial charge on any atom is -0.381 e. The molecule has 2 atom stereocenters. The first-order chi connectivity index (χ1) is 8.22. The Balaban J connectivity index is 1.84. The van der Waals surface area contributed by atoms with E-state index in [0.29, 0.717) is 0 Å². The van der Waals surface area contributed by atoms with Crippen LogP contribution < -0.4 is 5.32 Å². The van der Waals surface area contributed by atoms with Crippen molar-refractivity contribution in [2.75, 3.05) is 46.5 Å². The van der Waals surface area contributed by atoms with E-state index in [1.807, 2.05) is 11.8 Å². The summed E-state index contributed by atoms with van der Waals surface area (Å²) in [6, 6.07) is 0. The Hall–Kier alpha value is -0.650. The highest BCUT2D eigenvalue weighted by molar-refractivity contribution is 5.81. The van der Waals surface area contributed by atoms with Crippen molar-refractivity contribution < 1.29 is 9.53 Å². The molecule has 0 aromatic heterocycles. The lowest BCUT2D eigenvalue weighted by Gasteiger charge is -2.31. The van der Waals surface area contributed by atoms with Crippen molar-refractivity contribution in [2.24, 2.45) is 5.92 Å². The summed E-state index contributed by atoms with van der Waals surface area (Å²) in [6.07, 6.45) is 0.968. The van der Waals surface area contributed by atoms with Crippen molar-refractivity contribution in [3.05, 3.63) is 0 Å². The molecule has 1 amide bonds. The topological polar surface area (TPSA) is 44.8 Å². The summed E-state index contributed by atoms with van der Waals surface area (Å²) in [5.41, 5.74) is 0. The van der Waals surface area contributed by atoms with Gasteiger partial charge < -0.3 is 15.0 Å². The van der Waals surface area contributed by atoms with Crippen molar-refractivity contribution in [1.82, 2.24) is 15.1 Å². The monoisotopic (exact) mass is 241 g/mol. The van der Waals surface area contributed by atoms with Gasteiger partial charge in [0.25, 0.3) is 0 Å². The van der Waals surface area contributed by atoms with Crippen LogP contribution in [-0.4, -0.2) is 68.3 Å². The molecule has 0 spiro atoms. The molecule has 2 fully saturated rings. The summed E-state index contributed by atoms with van der Waals surface area (Å²) in [5, 5.41) is 3.32. The molecule has 2 aliphatic rings. The molecule has 98 valence electrons. The highest BCUT2D eigenvalue weighted by atomic mass is 16.5. The van der Waals surface area contributed by atoms with E-state index < -0.39 is 0 Å². The molecule has 2 heterocycles. The van der Waals surface area contributed by atoms with Gasteiger partial charge >= 0.3 is 0 Å². The van der Waals surface area contributed by atoms with E-state index in [4.69, 9.17) is 4.74 Å². The second kappa shape index (κ2) is 5.80. The van der Waals surface area contributed by atoms with Crippen molar-refractivity contribution in [3.8, 4) is 0 Å². The molecular weight excluding hydrogens is 218 g/mol. The fourth-order valence-corrected chi connectivity index (χ4v) is 2.60. The van der Waals surface area contributed by atoms with Crippen LogP contribution in [-0.2, 0) is 9.53 Å². The summed E-state index contributed by atoms with van der Waals surface area (Å²) < 4.78 is 5.27. The molecule has 2 saturated heterocycles. The Morgan fingerprint density at radius 3 is 2.76 bits per heavy atom. The summed E-state index contributed by atoms with van der Waals surface area (Å²) >= 11 is 0. The average Bonchev–Trinajstić information content (AvgIpc) is 2.72. The van der Waals surface area contributed by atoms with Crippen LogP contribution in [0, 0.1) is 5.92 Å². The van der Waals surface area contributed by atoms with Crippen LogP contribution in [0.4, 0.5) is 0 Å². The minimum atomic E-state index is 0.0375. The van der Waals surface area contributed by atoms with E-state index in [9.17, 15) is 4.79 Å². The van der Waals surface area contributed by atoms with E-state index >= 15 is 0 Å². The second-order valence-electron chi connectivity index (χ2n) is 4.95. The molecular formula is C12H23N3O2. The predicted molar refractivity (Wildman–Crippen MR) is 65.6 cm³/mol. The Bertz CT molecular complexity index is 266. The van der Waals surface area contributed by atoms with E-state index in [1.165, 1.54) is 0 Å². The van der Waals surface area contributed by atoms with Crippen molar-refractivity contribution >= 4 is 5.91 Å². The highest BCUT2D eigenvalue weighted by Crippen LogP contribution is 2.23. The molecule has 0 aromatic rings. The van der Waals surface area contributed by atoms with Gasteiger partial charge in [-0.2, -0.15) is 0 Å². The Morgan fingerprint density at radius 2 is 2.12 bits per heavy atom. The number of piperazine rings is 1. The van der Waals surface area contributed by atoms with Crippen LogP contribution in [0.1, 0.15) is 13.3 Å². The normalized spacial score (nSPS) is 28.7. The number of carbonyl (C=O) groups is 1. The number of methoxy groups -OCH3 is 1. The summed E-state index contributed by atoms with van der Waals surface area (Å²) in [4.78, 5) is 16.5. The highest BCUT2D eigenvalue weighted by Gasteiger charge is 2.36. The summed E-state index contributed by atoms with van der Waals surface area (Å²) in [5.74, 6) is 0.320. The van der Waals surface area contributed by atoms with Gasteiger partial charge in [0.05, 0.1) is 18.7 Å². The summed E-state index contributed by atoms with van der Waals surface area (Å²) in [6.45, 7) is 7.77. The fraction of sp³-hybridized carbons (Fsp3) is 0.917. The molecule has 2 rings (SSSR count). The number of carbonyl (C=O) groups excluding carboxylic acids is 1. The number of nitrogens with one attached hydrogen (secondary N) is 1. The van der Waals surface area contributed by atoms with Gasteiger partial charge in [0, 0.05) is 39.8 Å². The third-order valence-electron chi connectivity index (χ3n) is 3.86. The van der Waals surface area contributed by atoms with Crippen LogP contribution in [0.15, 0.2) is 0 Å². The molecule has 0 radical (unpaired) electrons. The largest absolute Gasteiger partial charge is 0.381 e. The van der Waals surface area contributed by atoms with Gasteiger partial charge in [0.15, 0.2) is 0 Å². The number of likely N-dealkylation sites (tertiary alicyclic amines) is 1. The number of hydrogen-bond acceptors (Lipinski definition) is 4. The standard InChI is InChI=1S/C12H23N3O2/c1-10(17-2)11-3-6-15(12(11)16)9-14-7-4-13-5-8-14/h10-11,13H,3-9H2,1-2H3. The van der Waals surface area contributed by atoms with Crippen molar-refractivity contribution in [1.29, 1.82) is 0 Å². The molecule has 1 N–H and O–H groups in total. The third kappa shape index (κ3) is 2.97. The van der Waals surface area contributed by atoms with Gasteiger partial charge in [0.2, 0.25) is 5.91 Å². The quantitative estimate of drug-likeness (QED) is 0.736. The molecule has 5 nitrogen and oxygen atoms in total. The van der Waals surface area contributed by atoms with E-state index in [1.54, 1.807) is 7.11 Å². The molecule has 0 aliphatic carbocycles. The molecule has 0 saturated carbocycles. The Kier molecular flexibility index (Phi) is 4.36. The van der Waals surface area contributed by atoms with Crippen molar-refractivity contribution in [3.63, 3.8) is 0 Å². The number of nitrogens with zero attached hydrogens (tertiary/aromatic N) is 2. The minimum absolute atomic E-state index is 0.0375. The lowest BCUT2D eigenvalue weighted by atomic mass is 10.0. The van der Waals surface area contributed by atoms with Gasteiger partial charge in [-0.15, -0.1) is 0 Å². The van der Waals surface area contributed by atoms with E-state index in [-0.39, 0.29) is 17.9 Å².